The first-order chi connectivity index (χ1) is 8.15. The van der Waals surface area contributed by atoms with Crippen molar-refractivity contribution in [2.24, 2.45) is 5.73 Å². The lowest BCUT2D eigenvalue weighted by Gasteiger charge is -2.13. The fourth-order valence-electron chi connectivity index (χ4n) is 1.44. The second-order valence-electron chi connectivity index (χ2n) is 3.76. The van der Waals surface area contributed by atoms with E-state index < -0.39 is 17.9 Å². The molecule has 1 heterocycles. The zero-order chi connectivity index (χ0) is 12.7. The third-order valence-electron chi connectivity index (χ3n) is 2.37. The van der Waals surface area contributed by atoms with Gasteiger partial charge in [0.15, 0.2) is 0 Å². The molecule has 6 heteroatoms. The average Bonchev–Trinajstić information content (AvgIpc) is 2.81. The van der Waals surface area contributed by atoms with Gasteiger partial charge in [0, 0.05) is 0 Å². The van der Waals surface area contributed by atoms with E-state index in [1.54, 1.807) is 0 Å². The van der Waals surface area contributed by atoms with Gasteiger partial charge in [-0.3, -0.25) is 9.59 Å². The molecule has 1 atom stereocenters. The van der Waals surface area contributed by atoms with Gasteiger partial charge in [-0.1, -0.05) is 26.2 Å². The third kappa shape index (κ3) is 4.26. The Balaban J connectivity index is 2.49. The highest BCUT2D eigenvalue weighted by Crippen LogP contribution is 2.04. The molecule has 0 spiro atoms. The molecule has 0 bridgehead atoms. The number of aromatic nitrogens is 1. The van der Waals surface area contributed by atoms with Crippen LogP contribution in [-0.2, 0) is 4.79 Å². The van der Waals surface area contributed by atoms with Crippen LogP contribution in [0.3, 0.4) is 0 Å². The van der Waals surface area contributed by atoms with Crippen molar-refractivity contribution in [2.75, 3.05) is 0 Å². The van der Waals surface area contributed by atoms with Gasteiger partial charge in [0.05, 0.1) is 6.20 Å². The van der Waals surface area contributed by atoms with Crippen LogP contribution in [0.25, 0.3) is 0 Å². The minimum absolute atomic E-state index is 0.0632. The number of carbonyl (C=O) groups excluding carboxylic acids is 2. The van der Waals surface area contributed by atoms with Crippen LogP contribution in [0.4, 0.5) is 0 Å². The van der Waals surface area contributed by atoms with E-state index in [0.717, 1.165) is 19.3 Å². The number of hydrogen-bond donors (Lipinski definition) is 2. The Kier molecular flexibility index (Phi) is 5.19. The Labute approximate surface area is 99.6 Å². The first-order valence-corrected chi connectivity index (χ1v) is 5.64. The van der Waals surface area contributed by atoms with Gasteiger partial charge in [-0.2, -0.15) is 0 Å². The minimum atomic E-state index is -0.666. The number of nitrogens with two attached hydrogens (primary N) is 1. The topological polar surface area (TPSA) is 98.2 Å². The second kappa shape index (κ2) is 6.67. The van der Waals surface area contributed by atoms with E-state index in [-0.39, 0.29) is 5.89 Å². The molecule has 0 aliphatic carbocycles. The lowest BCUT2D eigenvalue weighted by atomic mass is 10.1. The summed E-state index contributed by atoms with van der Waals surface area (Å²) in [6, 6.07) is -0.666. The van der Waals surface area contributed by atoms with Crippen molar-refractivity contribution in [3.05, 3.63) is 18.4 Å². The molecule has 0 fully saturated rings. The van der Waals surface area contributed by atoms with Gasteiger partial charge in [0.25, 0.3) is 5.89 Å². The van der Waals surface area contributed by atoms with Gasteiger partial charge in [0.2, 0.25) is 5.91 Å². The second-order valence-corrected chi connectivity index (χ2v) is 3.76. The number of carbonyl (C=O) groups is 2. The molecule has 0 aliphatic heterocycles. The number of nitrogens with one attached hydrogen (secondary N) is 1. The Morgan fingerprint density at radius 1 is 1.53 bits per heavy atom. The van der Waals surface area contributed by atoms with Crippen molar-refractivity contribution in [3.63, 3.8) is 0 Å². The van der Waals surface area contributed by atoms with Crippen molar-refractivity contribution in [3.8, 4) is 0 Å². The third-order valence-corrected chi connectivity index (χ3v) is 2.37. The van der Waals surface area contributed by atoms with Crippen LogP contribution in [0.5, 0.6) is 0 Å². The summed E-state index contributed by atoms with van der Waals surface area (Å²) in [5.74, 6) is -1.12. The number of amides is 2. The number of oxazole rings is 1. The van der Waals surface area contributed by atoms with Crippen molar-refractivity contribution in [2.45, 2.75) is 38.6 Å². The van der Waals surface area contributed by atoms with Crippen LogP contribution in [-0.4, -0.2) is 22.8 Å². The normalized spacial score (nSPS) is 12.1. The van der Waals surface area contributed by atoms with E-state index in [1.807, 2.05) is 0 Å². The highest BCUT2D eigenvalue weighted by Gasteiger charge is 2.20. The van der Waals surface area contributed by atoms with Crippen molar-refractivity contribution in [1.29, 1.82) is 0 Å². The fraction of sp³-hybridized carbons (Fsp3) is 0.545. The first-order valence-electron chi connectivity index (χ1n) is 5.64. The van der Waals surface area contributed by atoms with E-state index in [0.29, 0.717) is 6.42 Å². The molecule has 0 aliphatic rings. The summed E-state index contributed by atoms with van der Waals surface area (Å²) in [7, 11) is 0. The summed E-state index contributed by atoms with van der Waals surface area (Å²) >= 11 is 0. The lowest BCUT2D eigenvalue weighted by molar-refractivity contribution is -0.120. The predicted molar refractivity (Wildman–Crippen MR) is 61.1 cm³/mol. The van der Waals surface area contributed by atoms with Gasteiger partial charge >= 0.3 is 5.91 Å². The van der Waals surface area contributed by atoms with Crippen LogP contribution in [0.15, 0.2) is 16.9 Å². The van der Waals surface area contributed by atoms with Crippen molar-refractivity contribution < 1.29 is 14.0 Å². The summed E-state index contributed by atoms with van der Waals surface area (Å²) in [5.41, 5.74) is 5.22. The summed E-state index contributed by atoms with van der Waals surface area (Å²) < 4.78 is 4.83. The molecule has 6 nitrogen and oxygen atoms in total. The van der Waals surface area contributed by atoms with Crippen LogP contribution in [0.1, 0.15) is 43.3 Å². The smallest absolute Gasteiger partial charge is 0.307 e. The Hall–Kier alpha value is -1.85. The molecule has 0 saturated carbocycles. The fourth-order valence-corrected chi connectivity index (χ4v) is 1.44. The number of rotatable bonds is 7. The Morgan fingerprint density at radius 3 is 2.82 bits per heavy atom. The molecule has 1 aromatic rings. The quantitative estimate of drug-likeness (QED) is 0.689. The molecule has 2 amide bonds. The van der Waals surface area contributed by atoms with Crippen LogP contribution in [0.2, 0.25) is 0 Å². The zero-order valence-corrected chi connectivity index (χ0v) is 9.81. The first kappa shape index (κ1) is 13.2. The maximum atomic E-state index is 11.6. The minimum Gasteiger partial charge on any atom is -0.441 e. The molecule has 17 heavy (non-hydrogen) atoms. The van der Waals surface area contributed by atoms with E-state index in [2.05, 4.69) is 17.2 Å². The highest BCUT2D eigenvalue weighted by molar-refractivity contribution is 5.93. The van der Waals surface area contributed by atoms with Crippen LogP contribution < -0.4 is 11.1 Å². The van der Waals surface area contributed by atoms with Gasteiger partial charge in [0.1, 0.15) is 12.3 Å². The highest BCUT2D eigenvalue weighted by atomic mass is 16.3. The Morgan fingerprint density at radius 2 is 2.29 bits per heavy atom. The molecule has 94 valence electrons. The van der Waals surface area contributed by atoms with Gasteiger partial charge in [-0.25, -0.2) is 4.98 Å². The summed E-state index contributed by atoms with van der Waals surface area (Å²) in [5, 5.41) is 2.51. The SMILES string of the molecule is CCCCCC(NC(=O)c1ncco1)C(N)=O. The number of hydrogen-bond acceptors (Lipinski definition) is 4. The largest absolute Gasteiger partial charge is 0.441 e. The van der Waals surface area contributed by atoms with Crippen molar-refractivity contribution in [1.82, 2.24) is 10.3 Å². The standard InChI is InChI=1S/C11H17N3O3/c1-2-3-4-5-8(9(12)15)14-10(16)11-13-6-7-17-11/h6-8H,2-5H2,1H3,(H2,12,15)(H,14,16). The monoisotopic (exact) mass is 239 g/mol. The lowest BCUT2D eigenvalue weighted by Crippen LogP contribution is -2.44. The molecular formula is C11H17N3O3. The molecular weight excluding hydrogens is 222 g/mol. The summed E-state index contributed by atoms with van der Waals surface area (Å²) in [6.45, 7) is 2.06. The van der Waals surface area contributed by atoms with Crippen LogP contribution in [0, 0.1) is 0 Å². The van der Waals surface area contributed by atoms with E-state index in [4.69, 9.17) is 10.2 Å². The molecule has 1 rings (SSSR count). The molecule has 1 aromatic heterocycles. The maximum absolute atomic E-state index is 11.6. The van der Waals surface area contributed by atoms with Gasteiger partial charge < -0.3 is 15.5 Å². The molecule has 0 saturated heterocycles. The molecule has 0 radical (unpaired) electrons. The van der Waals surface area contributed by atoms with E-state index >= 15 is 0 Å². The maximum Gasteiger partial charge on any atom is 0.307 e. The van der Waals surface area contributed by atoms with Crippen molar-refractivity contribution >= 4 is 11.8 Å². The molecule has 0 aromatic carbocycles. The number of unbranched alkanes of at least 4 members (excludes halogenated alkanes) is 2. The molecule has 3 N–H and O–H groups in total. The number of primary amides is 1. The predicted octanol–water partition coefficient (Wildman–Crippen LogP) is 0.839. The Bertz CT molecular complexity index is 362. The zero-order valence-electron chi connectivity index (χ0n) is 9.81. The summed E-state index contributed by atoms with van der Waals surface area (Å²) in [6.07, 6.45) is 6.08. The van der Waals surface area contributed by atoms with E-state index in [9.17, 15) is 9.59 Å². The number of nitrogens with zero attached hydrogens (tertiary/aromatic N) is 1. The average molecular weight is 239 g/mol. The van der Waals surface area contributed by atoms with Gasteiger partial charge in [-0.15, -0.1) is 0 Å². The van der Waals surface area contributed by atoms with Crippen LogP contribution >= 0.6 is 0 Å². The van der Waals surface area contributed by atoms with E-state index in [1.165, 1.54) is 12.5 Å². The van der Waals surface area contributed by atoms with Gasteiger partial charge in [-0.05, 0) is 6.42 Å². The molecule has 1 unspecified atom stereocenters. The summed E-state index contributed by atoms with van der Waals surface area (Å²) in [4.78, 5) is 26.4.